The fourth-order valence-electron chi connectivity index (χ4n) is 1.51. The van der Waals surface area contributed by atoms with E-state index in [2.05, 4.69) is 5.32 Å². The van der Waals surface area contributed by atoms with E-state index in [9.17, 15) is 9.18 Å². The molecule has 0 spiro atoms. The van der Waals surface area contributed by atoms with E-state index in [4.69, 9.17) is 29.6 Å². The SMILES string of the molecule is CCCC(C(=O)Nc1cccc(Cl)c1F)C(N)=S. The van der Waals surface area contributed by atoms with Gasteiger partial charge in [-0.15, -0.1) is 0 Å². The summed E-state index contributed by atoms with van der Waals surface area (Å²) in [4.78, 5) is 12.0. The van der Waals surface area contributed by atoms with E-state index in [1.54, 1.807) is 6.07 Å². The van der Waals surface area contributed by atoms with Crippen molar-refractivity contribution in [3.05, 3.63) is 29.0 Å². The molecule has 3 N–H and O–H groups in total. The third-order valence-electron chi connectivity index (χ3n) is 2.45. The minimum atomic E-state index is -0.661. The molecule has 0 saturated carbocycles. The van der Waals surface area contributed by atoms with Gasteiger partial charge in [-0.25, -0.2) is 4.39 Å². The van der Waals surface area contributed by atoms with Crippen LogP contribution in [0.25, 0.3) is 0 Å². The van der Waals surface area contributed by atoms with E-state index in [-0.39, 0.29) is 15.7 Å². The first-order valence-electron chi connectivity index (χ1n) is 5.51. The second-order valence-electron chi connectivity index (χ2n) is 3.83. The number of rotatable bonds is 5. The van der Waals surface area contributed by atoms with Crippen molar-refractivity contribution in [2.24, 2.45) is 11.7 Å². The largest absolute Gasteiger partial charge is 0.393 e. The number of hydrogen-bond acceptors (Lipinski definition) is 2. The molecule has 0 aliphatic rings. The summed E-state index contributed by atoms with van der Waals surface area (Å²) in [6, 6.07) is 4.39. The Bertz CT molecular complexity index is 467. The topological polar surface area (TPSA) is 55.1 Å². The zero-order valence-electron chi connectivity index (χ0n) is 9.87. The standard InChI is InChI=1S/C12H14ClFN2OS/c1-2-4-7(11(15)18)12(17)16-9-6-3-5-8(13)10(9)14/h3,5-7H,2,4H2,1H3,(H2,15,18)(H,16,17). The molecule has 1 amide bonds. The number of carbonyl (C=O) groups excluding carboxylic acids is 1. The summed E-state index contributed by atoms with van der Waals surface area (Å²) >= 11 is 10.5. The van der Waals surface area contributed by atoms with Gasteiger partial charge in [-0.05, 0) is 18.6 Å². The summed E-state index contributed by atoms with van der Waals surface area (Å²) < 4.78 is 13.6. The van der Waals surface area contributed by atoms with Crippen molar-refractivity contribution >= 4 is 40.4 Å². The molecule has 1 aromatic rings. The molecule has 1 unspecified atom stereocenters. The van der Waals surface area contributed by atoms with Gasteiger partial charge in [-0.3, -0.25) is 4.79 Å². The van der Waals surface area contributed by atoms with Crippen molar-refractivity contribution in [1.29, 1.82) is 0 Å². The lowest BCUT2D eigenvalue weighted by molar-refractivity contribution is -0.118. The highest BCUT2D eigenvalue weighted by atomic mass is 35.5. The summed E-state index contributed by atoms with van der Waals surface area (Å²) in [7, 11) is 0. The van der Waals surface area contributed by atoms with Crippen molar-refractivity contribution in [3.8, 4) is 0 Å². The Kier molecular flexibility index (Phi) is 5.50. The van der Waals surface area contributed by atoms with Gasteiger partial charge >= 0.3 is 0 Å². The van der Waals surface area contributed by atoms with Crippen LogP contribution < -0.4 is 11.1 Å². The fourth-order valence-corrected chi connectivity index (χ4v) is 1.91. The van der Waals surface area contributed by atoms with Gasteiger partial charge in [0.2, 0.25) is 5.91 Å². The highest BCUT2D eigenvalue weighted by molar-refractivity contribution is 7.80. The molecule has 0 aliphatic heterocycles. The zero-order chi connectivity index (χ0) is 13.7. The summed E-state index contributed by atoms with van der Waals surface area (Å²) in [5.41, 5.74) is 5.53. The number of benzene rings is 1. The summed E-state index contributed by atoms with van der Waals surface area (Å²) in [5, 5.41) is 2.41. The number of anilines is 1. The van der Waals surface area contributed by atoms with Crippen LogP contribution in [0, 0.1) is 11.7 Å². The summed E-state index contributed by atoms with van der Waals surface area (Å²) in [6.07, 6.45) is 1.29. The Morgan fingerprint density at radius 3 is 2.83 bits per heavy atom. The summed E-state index contributed by atoms with van der Waals surface area (Å²) in [5.74, 6) is -1.67. The van der Waals surface area contributed by atoms with Crippen LogP contribution in [0.4, 0.5) is 10.1 Å². The first-order valence-corrected chi connectivity index (χ1v) is 6.30. The van der Waals surface area contributed by atoms with Crippen molar-refractivity contribution in [2.75, 3.05) is 5.32 Å². The van der Waals surface area contributed by atoms with Gasteiger partial charge in [-0.2, -0.15) is 0 Å². The highest BCUT2D eigenvalue weighted by Gasteiger charge is 2.21. The van der Waals surface area contributed by atoms with E-state index < -0.39 is 17.6 Å². The second kappa shape index (κ2) is 6.66. The quantitative estimate of drug-likeness (QED) is 0.819. The molecule has 1 atom stereocenters. The smallest absolute Gasteiger partial charge is 0.234 e. The van der Waals surface area contributed by atoms with Crippen LogP contribution in [0.15, 0.2) is 18.2 Å². The van der Waals surface area contributed by atoms with Crippen LogP contribution in [-0.2, 0) is 4.79 Å². The molecule has 6 heteroatoms. The monoisotopic (exact) mass is 288 g/mol. The maximum absolute atomic E-state index is 13.6. The average molecular weight is 289 g/mol. The lowest BCUT2D eigenvalue weighted by Crippen LogP contribution is -2.33. The molecule has 0 bridgehead atoms. The van der Waals surface area contributed by atoms with Crippen LogP contribution in [0.5, 0.6) is 0 Å². The van der Waals surface area contributed by atoms with Crippen molar-refractivity contribution in [1.82, 2.24) is 0 Å². The molecule has 0 saturated heterocycles. The predicted molar refractivity (Wildman–Crippen MR) is 75.2 cm³/mol. The molecule has 18 heavy (non-hydrogen) atoms. The van der Waals surface area contributed by atoms with Gasteiger partial charge in [0.05, 0.1) is 21.6 Å². The van der Waals surface area contributed by atoms with E-state index in [0.29, 0.717) is 6.42 Å². The summed E-state index contributed by atoms with van der Waals surface area (Å²) in [6.45, 7) is 1.92. The molecular formula is C12H14ClFN2OS. The minimum Gasteiger partial charge on any atom is -0.393 e. The highest BCUT2D eigenvalue weighted by Crippen LogP contribution is 2.23. The number of nitrogens with one attached hydrogen (secondary N) is 1. The predicted octanol–water partition coefficient (Wildman–Crippen LogP) is 3.12. The van der Waals surface area contributed by atoms with Gasteiger partial charge in [0.1, 0.15) is 0 Å². The van der Waals surface area contributed by atoms with Gasteiger partial charge < -0.3 is 11.1 Å². The zero-order valence-corrected chi connectivity index (χ0v) is 11.4. The van der Waals surface area contributed by atoms with E-state index >= 15 is 0 Å². The van der Waals surface area contributed by atoms with E-state index in [0.717, 1.165) is 6.42 Å². The molecule has 3 nitrogen and oxygen atoms in total. The van der Waals surface area contributed by atoms with Crippen molar-refractivity contribution in [3.63, 3.8) is 0 Å². The van der Waals surface area contributed by atoms with Gasteiger partial charge in [-0.1, -0.05) is 43.2 Å². The van der Waals surface area contributed by atoms with Gasteiger partial charge in [0.25, 0.3) is 0 Å². The molecule has 1 rings (SSSR count). The number of halogens is 2. The van der Waals surface area contributed by atoms with E-state index in [1.807, 2.05) is 6.92 Å². The van der Waals surface area contributed by atoms with Crippen LogP contribution in [0.2, 0.25) is 5.02 Å². The number of thiocarbonyl (C=S) groups is 1. The molecular weight excluding hydrogens is 275 g/mol. The number of hydrogen-bond donors (Lipinski definition) is 2. The minimum absolute atomic E-state index is 0.0323. The Morgan fingerprint density at radius 2 is 2.28 bits per heavy atom. The number of nitrogens with two attached hydrogens (primary N) is 1. The normalized spacial score (nSPS) is 11.9. The van der Waals surface area contributed by atoms with Crippen molar-refractivity contribution < 1.29 is 9.18 Å². The Morgan fingerprint density at radius 1 is 1.61 bits per heavy atom. The van der Waals surface area contributed by atoms with Crippen LogP contribution in [0.3, 0.4) is 0 Å². The third kappa shape index (κ3) is 3.65. The molecule has 0 heterocycles. The average Bonchev–Trinajstić information content (AvgIpc) is 2.31. The third-order valence-corrected chi connectivity index (χ3v) is 3.02. The molecule has 0 aromatic heterocycles. The maximum Gasteiger partial charge on any atom is 0.234 e. The van der Waals surface area contributed by atoms with Gasteiger partial charge in [0.15, 0.2) is 5.82 Å². The van der Waals surface area contributed by atoms with Crippen LogP contribution in [0.1, 0.15) is 19.8 Å². The fraction of sp³-hybridized carbons (Fsp3) is 0.333. The van der Waals surface area contributed by atoms with Gasteiger partial charge in [0, 0.05) is 0 Å². The second-order valence-corrected chi connectivity index (χ2v) is 4.71. The first kappa shape index (κ1) is 14.9. The molecule has 0 fully saturated rings. The first-order chi connectivity index (χ1) is 8.47. The van der Waals surface area contributed by atoms with E-state index in [1.165, 1.54) is 12.1 Å². The Balaban J connectivity index is 2.86. The van der Waals surface area contributed by atoms with Crippen molar-refractivity contribution in [2.45, 2.75) is 19.8 Å². The lowest BCUT2D eigenvalue weighted by Gasteiger charge is -2.15. The van der Waals surface area contributed by atoms with Crippen LogP contribution >= 0.6 is 23.8 Å². The maximum atomic E-state index is 13.6. The molecule has 0 aliphatic carbocycles. The molecule has 98 valence electrons. The molecule has 0 radical (unpaired) electrons. The lowest BCUT2D eigenvalue weighted by atomic mass is 10.0. The molecule has 1 aromatic carbocycles. The Labute approximate surface area is 115 Å². The number of amides is 1. The Hall–Kier alpha value is -1.20. The van der Waals surface area contributed by atoms with Crippen LogP contribution in [-0.4, -0.2) is 10.9 Å². The number of carbonyl (C=O) groups is 1.